The van der Waals surface area contributed by atoms with Crippen molar-refractivity contribution in [1.82, 2.24) is 4.90 Å². The molecule has 2 aromatic rings. The predicted molar refractivity (Wildman–Crippen MR) is 108 cm³/mol. The summed E-state index contributed by atoms with van der Waals surface area (Å²) in [5.41, 5.74) is 4.67. The van der Waals surface area contributed by atoms with Gasteiger partial charge in [0.05, 0.1) is 14.2 Å². The maximum atomic E-state index is 5.52. The summed E-state index contributed by atoms with van der Waals surface area (Å²) in [5.74, 6) is 1.49. The van der Waals surface area contributed by atoms with E-state index in [1.54, 1.807) is 14.2 Å². The maximum absolute atomic E-state index is 5.52. The Bertz CT molecular complexity index is 746. The maximum Gasteiger partial charge on any atom is 0.173 e. The summed E-state index contributed by atoms with van der Waals surface area (Å²) in [4.78, 5) is 2.05. The standard InChI is InChI=1S/C20H26N2O2S/c1-14-6-8-17(15(2)12-14)21-20(25)22(3)11-10-16-7-9-18(23-4)19(13-16)24-5/h6-9,12-13H,10-11H2,1-5H3,(H,21,25). The van der Waals surface area contributed by atoms with Crippen LogP contribution >= 0.6 is 12.2 Å². The summed E-state index contributed by atoms with van der Waals surface area (Å²) in [6, 6.07) is 12.3. The van der Waals surface area contributed by atoms with Crippen LogP contribution in [0.2, 0.25) is 0 Å². The molecule has 0 atom stereocenters. The first-order chi connectivity index (χ1) is 11.9. The molecule has 0 radical (unpaired) electrons. The molecule has 0 heterocycles. The third kappa shape index (κ3) is 5.10. The highest BCUT2D eigenvalue weighted by atomic mass is 32.1. The molecule has 0 aliphatic rings. The molecule has 0 aliphatic heterocycles. The van der Waals surface area contributed by atoms with Gasteiger partial charge in [0.25, 0.3) is 0 Å². The normalized spacial score (nSPS) is 10.3. The van der Waals surface area contributed by atoms with Crippen LogP contribution in [0.4, 0.5) is 5.69 Å². The van der Waals surface area contributed by atoms with E-state index in [2.05, 4.69) is 43.4 Å². The van der Waals surface area contributed by atoms with Gasteiger partial charge in [-0.1, -0.05) is 23.8 Å². The van der Waals surface area contributed by atoms with E-state index in [1.165, 1.54) is 16.7 Å². The monoisotopic (exact) mass is 358 g/mol. The molecule has 0 saturated carbocycles. The molecule has 25 heavy (non-hydrogen) atoms. The lowest BCUT2D eigenvalue weighted by atomic mass is 10.1. The number of ether oxygens (including phenoxy) is 2. The number of hydrogen-bond acceptors (Lipinski definition) is 3. The van der Waals surface area contributed by atoms with Crippen molar-refractivity contribution in [3.8, 4) is 11.5 Å². The fraction of sp³-hybridized carbons (Fsp3) is 0.350. The number of nitrogens with one attached hydrogen (secondary N) is 1. The zero-order chi connectivity index (χ0) is 18.4. The van der Waals surface area contributed by atoms with Crippen molar-refractivity contribution in [2.24, 2.45) is 0 Å². The molecule has 0 spiro atoms. The summed E-state index contributed by atoms with van der Waals surface area (Å²) in [7, 11) is 5.29. The molecule has 0 aliphatic carbocycles. The number of benzene rings is 2. The summed E-state index contributed by atoms with van der Waals surface area (Å²) in [5, 5.41) is 4.04. The average Bonchev–Trinajstić information content (AvgIpc) is 2.61. The van der Waals surface area contributed by atoms with Gasteiger partial charge in [0.2, 0.25) is 0 Å². The fourth-order valence-electron chi connectivity index (χ4n) is 2.60. The zero-order valence-electron chi connectivity index (χ0n) is 15.6. The molecule has 4 nitrogen and oxygen atoms in total. The zero-order valence-corrected chi connectivity index (χ0v) is 16.4. The smallest absolute Gasteiger partial charge is 0.173 e. The van der Waals surface area contributed by atoms with Crippen molar-refractivity contribution in [3.63, 3.8) is 0 Å². The number of likely N-dealkylation sites (N-methyl/N-ethyl adjacent to an activating group) is 1. The Hall–Kier alpha value is -2.27. The predicted octanol–water partition coefficient (Wildman–Crippen LogP) is 4.19. The van der Waals surface area contributed by atoms with Crippen LogP contribution in [0.5, 0.6) is 11.5 Å². The van der Waals surface area contributed by atoms with E-state index in [-0.39, 0.29) is 0 Å². The molecule has 0 fully saturated rings. The number of thiocarbonyl (C=S) groups is 1. The van der Waals surface area contributed by atoms with Gasteiger partial charge in [-0.2, -0.15) is 0 Å². The topological polar surface area (TPSA) is 33.7 Å². The van der Waals surface area contributed by atoms with Gasteiger partial charge in [-0.15, -0.1) is 0 Å². The number of hydrogen-bond donors (Lipinski definition) is 1. The van der Waals surface area contributed by atoms with Gasteiger partial charge in [0, 0.05) is 19.3 Å². The van der Waals surface area contributed by atoms with Crippen LogP contribution in [0.15, 0.2) is 36.4 Å². The van der Waals surface area contributed by atoms with Gasteiger partial charge in [-0.25, -0.2) is 0 Å². The van der Waals surface area contributed by atoms with E-state index in [4.69, 9.17) is 21.7 Å². The lowest BCUT2D eigenvalue weighted by Gasteiger charge is -2.22. The molecule has 2 rings (SSSR count). The third-order valence-electron chi connectivity index (χ3n) is 4.15. The van der Waals surface area contributed by atoms with Gasteiger partial charge >= 0.3 is 0 Å². The molecule has 134 valence electrons. The summed E-state index contributed by atoms with van der Waals surface area (Å²) < 4.78 is 10.6. The van der Waals surface area contributed by atoms with Gasteiger partial charge in [0.15, 0.2) is 16.6 Å². The van der Waals surface area contributed by atoms with Crippen LogP contribution < -0.4 is 14.8 Å². The molecular formula is C20H26N2O2S. The molecule has 0 aromatic heterocycles. The molecule has 0 bridgehead atoms. The van der Waals surface area contributed by atoms with E-state index in [9.17, 15) is 0 Å². The van der Waals surface area contributed by atoms with Crippen molar-refractivity contribution in [1.29, 1.82) is 0 Å². The van der Waals surface area contributed by atoms with Crippen LogP contribution in [-0.2, 0) is 6.42 Å². The lowest BCUT2D eigenvalue weighted by molar-refractivity contribution is 0.354. The Morgan fingerprint density at radius 1 is 1.04 bits per heavy atom. The Kier molecular flexibility index (Phi) is 6.65. The molecule has 0 saturated heterocycles. The highest BCUT2D eigenvalue weighted by Gasteiger charge is 2.09. The van der Waals surface area contributed by atoms with Crippen LogP contribution in [0.25, 0.3) is 0 Å². The van der Waals surface area contributed by atoms with Crippen LogP contribution in [0.1, 0.15) is 16.7 Å². The van der Waals surface area contributed by atoms with Crippen molar-refractivity contribution < 1.29 is 9.47 Å². The Morgan fingerprint density at radius 3 is 2.40 bits per heavy atom. The molecule has 0 amide bonds. The van der Waals surface area contributed by atoms with Crippen molar-refractivity contribution in [2.75, 3.05) is 33.1 Å². The average molecular weight is 359 g/mol. The van der Waals surface area contributed by atoms with E-state index >= 15 is 0 Å². The van der Waals surface area contributed by atoms with Crippen LogP contribution in [-0.4, -0.2) is 37.8 Å². The molecular weight excluding hydrogens is 332 g/mol. The van der Waals surface area contributed by atoms with E-state index < -0.39 is 0 Å². The van der Waals surface area contributed by atoms with Crippen LogP contribution in [0.3, 0.4) is 0 Å². The van der Waals surface area contributed by atoms with Gasteiger partial charge in [-0.3, -0.25) is 0 Å². The largest absolute Gasteiger partial charge is 0.493 e. The number of anilines is 1. The second-order valence-corrected chi connectivity index (χ2v) is 6.50. The molecule has 2 aromatic carbocycles. The quantitative estimate of drug-likeness (QED) is 0.783. The minimum Gasteiger partial charge on any atom is -0.493 e. The first-order valence-electron chi connectivity index (χ1n) is 8.25. The minimum atomic E-state index is 0.715. The number of aryl methyl sites for hydroxylation is 2. The summed E-state index contributed by atoms with van der Waals surface area (Å²) >= 11 is 5.52. The van der Waals surface area contributed by atoms with E-state index in [0.717, 1.165) is 30.2 Å². The second-order valence-electron chi connectivity index (χ2n) is 6.11. The third-order valence-corrected chi connectivity index (χ3v) is 4.57. The Labute approximate surface area is 155 Å². The lowest BCUT2D eigenvalue weighted by Crippen LogP contribution is -2.32. The molecule has 0 unspecified atom stereocenters. The van der Waals surface area contributed by atoms with Crippen molar-refractivity contribution in [3.05, 3.63) is 53.1 Å². The SMILES string of the molecule is COc1ccc(CCN(C)C(=S)Nc2ccc(C)cc2C)cc1OC. The van der Waals surface area contributed by atoms with Crippen LogP contribution in [0, 0.1) is 13.8 Å². The Morgan fingerprint density at radius 2 is 1.76 bits per heavy atom. The molecule has 5 heteroatoms. The van der Waals surface area contributed by atoms with Crippen molar-refractivity contribution in [2.45, 2.75) is 20.3 Å². The summed E-state index contributed by atoms with van der Waals surface area (Å²) in [6.45, 7) is 4.98. The van der Waals surface area contributed by atoms with E-state index in [0.29, 0.717) is 5.11 Å². The van der Waals surface area contributed by atoms with E-state index in [1.807, 2.05) is 24.1 Å². The first kappa shape index (κ1) is 19.1. The minimum absolute atomic E-state index is 0.715. The molecule has 1 N–H and O–H groups in total. The highest BCUT2D eigenvalue weighted by molar-refractivity contribution is 7.80. The highest BCUT2D eigenvalue weighted by Crippen LogP contribution is 2.27. The van der Waals surface area contributed by atoms with Crippen molar-refractivity contribution >= 4 is 23.0 Å². The summed E-state index contributed by atoms with van der Waals surface area (Å²) in [6.07, 6.45) is 0.867. The first-order valence-corrected chi connectivity index (χ1v) is 8.65. The second kappa shape index (κ2) is 8.72. The van der Waals surface area contributed by atoms with Gasteiger partial charge in [-0.05, 0) is 61.8 Å². The number of methoxy groups -OCH3 is 2. The Balaban J connectivity index is 1.95. The number of rotatable bonds is 6. The number of nitrogens with zero attached hydrogens (tertiary/aromatic N) is 1. The fourth-order valence-corrected chi connectivity index (χ4v) is 2.80. The van der Waals surface area contributed by atoms with Gasteiger partial charge in [0.1, 0.15) is 0 Å². The van der Waals surface area contributed by atoms with Gasteiger partial charge < -0.3 is 19.7 Å².